The third-order valence-electron chi connectivity index (χ3n) is 2.28. The van der Waals surface area contributed by atoms with E-state index in [1.807, 2.05) is 6.92 Å². The highest BCUT2D eigenvalue weighted by molar-refractivity contribution is 8.13. The second-order valence-electron chi connectivity index (χ2n) is 3.72. The van der Waals surface area contributed by atoms with Gasteiger partial charge in [-0.15, -0.1) is 0 Å². The van der Waals surface area contributed by atoms with Gasteiger partial charge in [-0.25, -0.2) is 18.1 Å². The van der Waals surface area contributed by atoms with Crippen molar-refractivity contribution >= 4 is 32.6 Å². The topological polar surface area (TPSA) is 94.3 Å². The maximum Gasteiger partial charge on any atom is 0.242 e. The molecule has 1 rings (SSSR count). The maximum atomic E-state index is 12.2. The van der Waals surface area contributed by atoms with Crippen molar-refractivity contribution in [2.45, 2.75) is 18.2 Å². The quantitative estimate of drug-likeness (QED) is 0.374. The van der Waals surface area contributed by atoms with Crippen LogP contribution in [0.15, 0.2) is 34.2 Å². The van der Waals surface area contributed by atoms with Crippen LogP contribution in [-0.4, -0.2) is 26.4 Å². The molecule has 0 amide bonds. The van der Waals surface area contributed by atoms with Gasteiger partial charge in [0.1, 0.15) is 4.90 Å². The lowest BCUT2D eigenvalue weighted by molar-refractivity contribution is 0.581. The van der Waals surface area contributed by atoms with Crippen molar-refractivity contribution in [2.75, 3.05) is 12.8 Å². The zero-order chi connectivity index (χ0) is 15.0. The molecule has 108 valence electrons. The molecular weight excluding hydrogens is 296 g/mol. The van der Waals surface area contributed by atoms with Crippen molar-refractivity contribution in [1.29, 1.82) is 5.26 Å². The minimum Gasteiger partial charge on any atom is -0.271 e. The van der Waals surface area contributed by atoms with E-state index >= 15 is 0 Å². The number of hydrogen-bond acceptors (Lipinski definition) is 5. The Labute approximate surface area is 123 Å². The minimum atomic E-state index is -3.60. The molecule has 8 heteroatoms. The Morgan fingerprint density at radius 2 is 2.15 bits per heavy atom. The molecule has 0 unspecified atom stereocenters. The highest BCUT2D eigenvalue weighted by atomic mass is 32.2. The number of nitrogens with one attached hydrogen (secondary N) is 2. The Balaban J connectivity index is 3.21. The first-order chi connectivity index (χ1) is 9.55. The fourth-order valence-electron chi connectivity index (χ4n) is 1.37. The summed E-state index contributed by atoms with van der Waals surface area (Å²) in [5, 5.41) is 11.3. The van der Waals surface area contributed by atoms with E-state index in [2.05, 4.69) is 15.0 Å². The monoisotopic (exact) mass is 312 g/mol. The zero-order valence-corrected chi connectivity index (χ0v) is 12.9. The van der Waals surface area contributed by atoms with Crippen LogP contribution in [-0.2, 0) is 10.0 Å². The molecule has 0 radical (unpaired) electrons. The first kappa shape index (κ1) is 16.5. The lowest BCUT2D eigenvalue weighted by Gasteiger charge is -2.09. The Hall–Kier alpha value is -1.56. The first-order valence-electron chi connectivity index (χ1n) is 5.91. The second kappa shape index (κ2) is 7.89. The number of aliphatic imine (C=N–C) groups is 1. The molecule has 6 nitrogen and oxygen atoms in total. The summed E-state index contributed by atoms with van der Waals surface area (Å²) in [6.45, 7) is 2.25. The summed E-state index contributed by atoms with van der Waals surface area (Å²) in [5.74, 6) is 0. The van der Waals surface area contributed by atoms with Crippen LogP contribution < -0.4 is 10.0 Å². The lowest BCUT2D eigenvalue weighted by Crippen LogP contribution is -2.24. The molecule has 0 bridgehead atoms. The van der Waals surface area contributed by atoms with Gasteiger partial charge in [-0.05, 0) is 24.8 Å². The molecule has 1 aromatic rings. The normalized spacial score (nSPS) is 11.9. The molecule has 0 atom stereocenters. The van der Waals surface area contributed by atoms with Crippen LogP contribution in [0.2, 0.25) is 0 Å². The summed E-state index contributed by atoms with van der Waals surface area (Å²) < 4.78 is 26.8. The van der Waals surface area contributed by atoms with E-state index < -0.39 is 10.0 Å². The molecule has 0 aliphatic rings. The summed E-state index contributed by atoms with van der Waals surface area (Å²) >= 11 is 1.23. The number of para-hydroxylation sites is 1. The van der Waals surface area contributed by atoms with E-state index in [0.717, 1.165) is 0 Å². The fourth-order valence-corrected chi connectivity index (χ4v) is 2.99. The van der Waals surface area contributed by atoms with E-state index in [-0.39, 0.29) is 4.90 Å². The third-order valence-corrected chi connectivity index (χ3v) is 4.36. The van der Waals surface area contributed by atoms with E-state index in [0.29, 0.717) is 23.8 Å². The molecule has 20 heavy (non-hydrogen) atoms. The number of rotatable bonds is 5. The molecule has 0 aliphatic carbocycles. The van der Waals surface area contributed by atoms with Gasteiger partial charge in [0, 0.05) is 6.54 Å². The average molecular weight is 312 g/mol. The molecule has 2 N–H and O–H groups in total. The average Bonchev–Trinajstić information content (AvgIpc) is 2.45. The van der Waals surface area contributed by atoms with Gasteiger partial charge in [0.05, 0.1) is 5.69 Å². The standard InChI is InChI=1S/C12H16N4O2S2/c1-3-8-15-20(17,18)11-7-5-4-6-10(11)16-12(19-2)14-9-13/h4-7,15H,3,8H2,1-2H3,(H,14,16). The van der Waals surface area contributed by atoms with Crippen LogP contribution in [0.4, 0.5) is 5.69 Å². The van der Waals surface area contributed by atoms with Crippen LogP contribution in [0.1, 0.15) is 13.3 Å². The van der Waals surface area contributed by atoms with Crippen molar-refractivity contribution in [3.05, 3.63) is 24.3 Å². The van der Waals surface area contributed by atoms with Crippen LogP contribution >= 0.6 is 11.8 Å². The van der Waals surface area contributed by atoms with Gasteiger partial charge >= 0.3 is 0 Å². The number of nitriles is 1. The van der Waals surface area contributed by atoms with E-state index in [1.54, 1.807) is 30.6 Å². The van der Waals surface area contributed by atoms with Gasteiger partial charge in [0.25, 0.3) is 0 Å². The molecule has 0 heterocycles. The number of thioether (sulfide) groups is 1. The summed E-state index contributed by atoms with van der Waals surface area (Å²) in [7, 11) is -3.60. The summed E-state index contributed by atoms with van der Waals surface area (Å²) in [5.41, 5.74) is 0.295. The molecule has 0 fully saturated rings. The van der Waals surface area contributed by atoms with Gasteiger partial charge in [-0.2, -0.15) is 5.26 Å². The van der Waals surface area contributed by atoms with Gasteiger partial charge < -0.3 is 0 Å². The van der Waals surface area contributed by atoms with Crippen LogP contribution in [0.3, 0.4) is 0 Å². The molecule has 0 aliphatic heterocycles. The largest absolute Gasteiger partial charge is 0.271 e. The first-order valence-corrected chi connectivity index (χ1v) is 8.62. The number of nitrogens with zero attached hydrogens (tertiary/aromatic N) is 2. The highest BCUT2D eigenvalue weighted by Gasteiger charge is 2.17. The summed E-state index contributed by atoms with van der Waals surface area (Å²) in [6, 6.07) is 6.41. The molecule has 0 spiro atoms. The zero-order valence-electron chi connectivity index (χ0n) is 11.3. The maximum absolute atomic E-state index is 12.2. The second-order valence-corrected chi connectivity index (χ2v) is 6.25. The Morgan fingerprint density at radius 1 is 1.45 bits per heavy atom. The Bertz CT molecular complexity index is 621. The third kappa shape index (κ3) is 4.52. The van der Waals surface area contributed by atoms with Gasteiger partial charge in [-0.3, -0.25) is 5.32 Å². The van der Waals surface area contributed by atoms with Crippen LogP contribution in [0.5, 0.6) is 0 Å². The molecule has 0 saturated carbocycles. The fraction of sp³-hybridized carbons (Fsp3) is 0.333. The summed E-state index contributed by atoms with van der Waals surface area (Å²) in [6.07, 6.45) is 4.22. The number of sulfonamides is 1. The molecule has 1 aromatic carbocycles. The molecular formula is C12H16N4O2S2. The minimum absolute atomic E-state index is 0.0970. The molecule has 0 saturated heterocycles. The number of hydrogen-bond donors (Lipinski definition) is 2. The predicted octanol–water partition coefficient (Wildman–Crippen LogP) is 1.80. The number of benzene rings is 1. The van der Waals surface area contributed by atoms with Crippen LogP contribution in [0.25, 0.3) is 0 Å². The smallest absolute Gasteiger partial charge is 0.242 e. The van der Waals surface area contributed by atoms with Crippen molar-refractivity contribution in [3.8, 4) is 6.19 Å². The van der Waals surface area contributed by atoms with Crippen molar-refractivity contribution in [3.63, 3.8) is 0 Å². The van der Waals surface area contributed by atoms with Crippen molar-refractivity contribution < 1.29 is 8.42 Å². The van der Waals surface area contributed by atoms with E-state index in [4.69, 9.17) is 5.26 Å². The van der Waals surface area contributed by atoms with Gasteiger partial charge in [-0.1, -0.05) is 30.8 Å². The lowest BCUT2D eigenvalue weighted by atomic mass is 10.3. The Morgan fingerprint density at radius 3 is 2.75 bits per heavy atom. The highest BCUT2D eigenvalue weighted by Crippen LogP contribution is 2.24. The van der Waals surface area contributed by atoms with Crippen molar-refractivity contribution in [2.24, 2.45) is 4.99 Å². The summed E-state index contributed by atoms with van der Waals surface area (Å²) in [4.78, 5) is 4.26. The molecule has 0 aromatic heterocycles. The number of amidine groups is 1. The SMILES string of the molecule is CCCNS(=O)(=O)c1ccccc1N=C(NC#N)SC. The van der Waals surface area contributed by atoms with E-state index in [9.17, 15) is 8.42 Å². The van der Waals surface area contributed by atoms with E-state index in [1.165, 1.54) is 17.8 Å². The van der Waals surface area contributed by atoms with Crippen LogP contribution in [0, 0.1) is 11.5 Å². The van der Waals surface area contributed by atoms with Gasteiger partial charge in [0.2, 0.25) is 10.0 Å². The predicted molar refractivity (Wildman–Crippen MR) is 81.3 cm³/mol. The van der Waals surface area contributed by atoms with Crippen molar-refractivity contribution in [1.82, 2.24) is 10.0 Å². The Kier molecular flexibility index (Phi) is 6.51. The van der Waals surface area contributed by atoms with Gasteiger partial charge in [0.15, 0.2) is 11.4 Å².